The molecule has 0 amide bonds. The van der Waals surface area contributed by atoms with Crippen LogP contribution in [-0.2, 0) is 6.18 Å². The summed E-state index contributed by atoms with van der Waals surface area (Å²) in [6.45, 7) is 3.69. The predicted molar refractivity (Wildman–Crippen MR) is 108 cm³/mol. The number of halogens is 3. The first-order valence-corrected chi connectivity index (χ1v) is 9.02. The fourth-order valence-electron chi connectivity index (χ4n) is 3.36. The number of rotatable bonds is 2. The minimum atomic E-state index is -4.53. The summed E-state index contributed by atoms with van der Waals surface area (Å²) in [6, 6.07) is 16.2. The van der Waals surface area contributed by atoms with Gasteiger partial charge in [-0.2, -0.15) is 13.2 Å². The molecule has 0 aliphatic rings. The van der Waals surface area contributed by atoms with E-state index in [1.54, 1.807) is 30.3 Å². The molecule has 0 saturated carbocycles. The Labute approximate surface area is 164 Å². The van der Waals surface area contributed by atoms with Crippen LogP contribution in [0.5, 0.6) is 0 Å². The topological polar surface area (TPSA) is 45.8 Å². The van der Waals surface area contributed by atoms with Gasteiger partial charge in [0.05, 0.1) is 16.5 Å². The quantitative estimate of drug-likeness (QED) is 0.461. The van der Waals surface area contributed by atoms with E-state index in [9.17, 15) is 18.0 Å². The predicted octanol–water partition coefficient (Wildman–Crippen LogP) is 5.89. The van der Waals surface area contributed by atoms with E-state index in [0.29, 0.717) is 22.0 Å². The molecular formula is C23H17F3N2O. The number of hydrogen-bond acceptors (Lipinski definition) is 2. The van der Waals surface area contributed by atoms with Crippen molar-refractivity contribution in [3.8, 4) is 22.5 Å². The van der Waals surface area contributed by atoms with Gasteiger partial charge in [-0.15, -0.1) is 0 Å². The first-order chi connectivity index (χ1) is 13.7. The van der Waals surface area contributed by atoms with Crippen LogP contribution >= 0.6 is 0 Å². The van der Waals surface area contributed by atoms with E-state index in [2.05, 4.69) is 9.97 Å². The summed E-state index contributed by atoms with van der Waals surface area (Å²) in [5.41, 5.74) is 2.29. The van der Waals surface area contributed by atoms with Crippen molar-refractivity contribution < 1.29 is 13.2 Å². The summed E-state index contributed by atoms with van der Waals surface area (Å²) >= 11 is 0. The second-order valence-electron chi connectivity index (χ2n) is 7.05. The lowest BCUT2D eigenvalue weighted by Crippen LogP contribution is -2.11. The van der Waals surface area contributed by atoms with Gasteiger partial charge >= 0.3 is 6.18 Å². The number of aromatic amines is 1. The number of aryl methyl sites for hydroxylation is 2. The van der Waals surface area contributed by atoms with E-state index in [0.717, 1.165) is 23.3 Å². The summed E-state index contributed by atoms with van der Waals surface area (Å²) in [6.07, 6.45) is -4.53. The average molecular weight is 394 g/mol. The molecule has 0 spiro atoms. The van der Waals surface area contributed by atoms with Crippen molar-refractivity contribution in [1.29, 1.82) is 0 Å². The van der Waals surface area contributed by atoms with Crippen LogP contribution in [-0.4, -0.2) is 9.97 Å². The monoisotopic (exact) mass is 394 g/mol. The van der Waals surface area contributed by atoms with E-state index in [4.69, 9.17) is 0 Å². The van der Waals surface area contributed by atoms with Gasteiger partial charge in [0.1, 0.15) is 5.82 Å². The molecular weight excluding hydrogens is 377 g/mol. The molecule has 0 atom stereocenters. The second kappa shape index (κ2) is 6.88. The number of alkyl halides is 3. The fourth-order valence-corrected chi connectivity index (χ4v) is 3.36. The molecule has 6 heteroatoms. The zero-order chi connectivity index (χ0) is 20.8. The Morgan fingerprint density at radius 3 is 2.31 bits per heavy atom. The number of H-pyrrole nitrogens is 1. The van der Waals surface area contributed by atoms with Gasteiger partial charge in [-0.05, 0) is 54.8 Å². The number of fused-ring (bicyclic) bond motifs is 1. The van der Waals surface area contributed by atoms with Gasteiger partial charge in [-0.25, -0.2) is 4.98 Å². The van der Waals surface area contributed by atoms with E-state index in [-0.39, 0.29) is 16.9 Å². The lowest BCUT2D eigenvalue weighted by atomic mass is 9.98. The molecule has 1 N–H and O–H groups in total. The fraction of sp³-hybridized carbons (Fsp3) is 0.130. The number of hydrogen-bond donors (Lipinski definition) is 1. The highest BCUT2D eigenvalue weighted by molar-refractivity contribution is 5.83. The highest BCUT2D eigenvalue weighted by atomic mass is 19.4. The third-order valence-electron chi connectivity index (χ3n) is 4.82. The zero-order valence-electron chi connectivity index (χ0n) is 15.8. The Hall–Kier alpha value is -3.41. The molecule has 0 saturated heterocycles. The highest BCUT2D eigenvalue weighted by Gasteiger charge is 2.31. The maximum absolute atomic E-state index is 13.6. The molecule has 1 heterocycles. The lowest BCUT2D eigenvalue weighted by Gasteiger charge is -2.13. The lowest BCUT2D eigenvalue weighted by molar-refractivity contribution is -0.137. The van der Waals surface area contributed by atoms with Gasteiger partial charge in [0.25, 0.3) is 5.56 Å². The molecule has 0 fully saturated rings. The zero-order valence-corrected chi connectivity index (χ0v) is 15.8. The number of para-hydroxylation sites is 1. The molecule has 0 unspecified atom stereocenters. The van der Waals surface area contributed by atoms with Crippen molar-refractivity contribution in [2.75, 3.05) is 0 Å². The van der Waals surface area contributed by atoms with Crippen molar-refractivity contribution in [3.63, 3.8) is 0 Å². The van der Waals surface area contributed by atoms with Crippen molar-refractivity contribution in [2.24, 2.45) is 0 Å². The molecule has 1 aromatic heterocycles. The minimum absolute atomic E-state index is 0.108. The summed E-state index contributed by atoms with van der Waals surface area (Å²) in [5, 5.41) is 0.402. The van der Waals surface area contributed by atoms with Gasteiger partial charge in [0.15, 0.2) is 0 Å². The Bertz CT molecular complexity index is 1290. The van der Waals surface area contributed by atoms with E-state index >= 15 is 0 Å². The molecule has 146 valence electrons. The highest BCUT2D eigenvalue weighted by Crippen LogP contribution is 2.36. The van der Waals surface area contributed by atoms with Crippen LogP contribution in [0.3, 0.4) is 0 Å². The SMILES string of the molecule is Cc1cccc(-c2cc(-c3nc4c(C)cccc4c(=O)[nH]3)cc(C(F)(F)F)c2)c1. The van der Waals surface area contributed by atoms with Crippen LogP contribution < -0.4 is 5.56 Å². The van der Waals surface area contributed by atoms with Crippen LogP contribution in [0, 0.1) is 13.8 Å². The summed E-state index contributed by atoms with van der Waals surface area (Å²) in [5.74, 6) is 0.108. The Morgan fingerprint density at radius 1 is 0.862 bits per heavy atom. The molecule has 0 bridgehead atoms. The van der Waals surface area contributed by atoms with Gasteiger partial charge in [-0.3, -0.25) is 4.79 Å². The smallest absolute Gasteiger partial charge is 0.306 e. The summed E-state index contributed by atoms with van der Waals surface area (Å²) in [7, 11) is 0. The van der Waals surface area contributed by atoms with E-state index in [1.807, 2.05) is 32.0 Å². The first-order valence-electron chi connectivity index (χ1n) is 9.02. The maximum Gasteiger partial charge on any atom is 0.416 e. The van der Waals surface area contributed by atoms with Crippen LogP contribution in [0.25, 0.3) is 33.4 Å². The number of nitrogens with one attached hydrogen (secondary N) is 1. The van der Waals surface area contributed by atoms with Crippen LogP contribution in [0.15, 0.2) is 65.5 Å². The largest absolute Gasteiger partial charge is 0.416 e. The third kappa shape index (κ3) is 3.66. The standard InChI is InChI=1S/C23H17F3N2O/c1-13-5-3-7-15(9-13)16-10-17(12-18(11-16)23(24,25)26)21-27-20-14(2)6-4-8-19(20)22(29)28-21/h3-12H,1-2H3,(H,27,28,29). The summed E-state index contributed by atoms with van der Waals surface area (Å²) in [4.78, 5) is 19.6. The van der Waals surface area contributed by atoms with Crippen molar-refractivity contribution in [2.45, 2.75) is 20.0 Å². The Balaban J connectivity index is 1.99. The number of nitrogens with zero attached hydrogens (tertiary/aromatic N) is 1. The van der Waals surface area contributed by atoms with Gasteiger partial charge in [0, 0.05) is 5.56 Å². The van der Waals surface area contributed by atoms with Crippen LogP contribution in [0.4, 0.5) is 13.2 Å². The molecule has 3 aromatic carbocycles. The van der Waals surface area contributed by atoms with Gasteiger partial charge in [0.2, 0.25) is 0 Å². The third-order valence-corrected chi connectivity index (χ3v) is 4.82. The normalized spacial score (nSPS) is 11.8. The minimum Gasteiger partial charge on any atom is -0.306 e. The molecule has 4 rings (SSSR count). The van der Waals surface area contributed by atoms with Crippen LogP contribution in [0.1, 0.15) is 16.7 Å². The molecule has 4 aromatic rings. The van der Waals surface area contributed by atoms with E-state index < -0.39 is 11.7 Å². The number of aromatic nitrogens is 2. The van der Waals surface area contributed by atoms with E-state index in [1.165, 1.54) is 0 Å². The van der Waals surface area contributed by atoms with Crippen molar-refractivity contribution in [1.82, 2.24) is 9.97 Å². The molecule has 0 aliphatic heterocycles. The Morgan fingerprint density at radius 2 is 1.59 bits per heavy atom. The Kier molecular flexibility index (Phi) is 4.49. The van der Waals surface area contributed by atoms with Gasteiger partial charge in [-0.1, -0.05) is 42.0 Å². The van der Waals surface area contributed by atoms with Crippen molar-refractivity contribution in [3.05, 3.63) is 87.7 Å². The maximum atomic E-state index is 13.6. The molecule has 0 radical (unpaired) electrons. The first kappa shape index (κ1) is 18.9. The van der Waals surface area contributed by atoms with Gasteiger partial charge < -0.3 is 4.98 Å². The molecule has 0 aliphatic carbocycles. The second-order valence-corrected chi connectivity index (χ2v) is 7.05. The van der Waals surface area contributed by atoms with Crippen LogP contribution in [0.2, 0.25) is 0 Å². The molecule has 29 heavy (non-hydrogen) atoms. The molecule has 3 nitrogen and oxygen atoms in total. The summed E-state index contributed by atoms with van der Waals surface area (Å²) < 4.78 is 40.7. The number of benzene rings is 3. The van der Waals surface area contributed by atoms with Crippen molar-refractivity contribution >= 4 is 10.9 Å². The average Bonchev–Trinajstić information content (AvgIpc) is 2.67.